The van der Waals surface area contributed by atoms with E-state index in [1.807, 2.05) is 17.9 Å². The van der Waals surface area contributed by atoms with Crippen LogP contribution in [0.25, 0.3) is 0 Å². The quantitative estimate of drug-likeness (QED) is 0.0440. The van der Waals surface area contributed by atoms with Crippen LogP contribution < -0.4 is 0 Å². The molecular formula is C38H56O8S2Sn. The Hall–Kier alpha value is -2.18. The van der Waals surface area contributed by atoms with Gasteiger partial charge in [0.2, 0.25) is 0 Å². The van der Waals surface area contributed by atoms with Gasteiger partial charge in [0.15, 0.2) is 0 Å². The molecule has 0 atom stereocenters. The van der Waals surface area contributed by atoms with E-state index in [2.05, 4.69) is 37.6 Å². The molecule has 8 nitrogen and oxygen atoms in total. The molecule has 2 rings (SSSR count). The smallest absolute Gasteiger partial charge is 0.0628 e. The third kappa shape index (κ3) is 18.0. The van der Waals surface area contributed by atoms with Crippen molar-refractivity contribution in [2.45, 2.75) is 88.9 Å². The van der Waals surface area contributed by atoms with Crippen LogP contribution >= 0.6 is 17.9 Å². The first-order chi connectivity index (χ1) is 23.4. The number of carbonyl (C=O) groups is 4. The zero-order valence-corrected chi connectivity index (χ0v) is 34.7. The van der Waals surface area contributed by atoms with Crippen molar-refractivity contribution in [1.29, 1.82) is 0 Å². The second-order valence-corrected chi connectivity index (χ2v) is 43.0. The molecular weight excluding hydrogens is 767 g/mol. The van der Waals surface area contributed by atoms with Gasteiger partial charge in [-0.25, -0.2) is 0 Å². The summed E-state index contributed by atoms with van der Waals surface area (Å²) in [5.74, 6) is 0.510. The summed E-state index contributed by atoms with van der Waals surface area (Å²) in [4.78, 5) is 55.5. The molecule has 0 amide bonds. The number of ether oxygens (including phenoxy) is 4. The molecule has 2 aromatic carbocycles. The van der Waals surface area contributed by atoms with E-state index in [0.717, 1.165) is 51.4 Å². The van der Waals surface area contributed by atoms with Crippen molar-refractivity contribution in [3.8, 4) is 0 Å². The molecule has 0 aromatic heterocycles. The Morgan fingerprint density at radius 2 is 0.816 bits per heavy atom. The van der Waals surface area contributed by atoms with Gasteiger partial charge in [-0.2, -0.15) is 0 Å². The first-order valence-electron chi connectivity index (χ1n) is 17.6. The molecule has 0 bridgehead atoms. The van der Waals surface area contributed by atoms with Gasteiger partial charge in [0.25, 0.3) is 0 Å². The van der Waals surface area contributed by atoms with E-state index in [0.29, 0.717) is 36.6 Å². The molecule has 2 aromatic rings. The maximum absolute atomic E-state index is 12.8. The van der Waals surface area contributed by atoms with Gasteiger partial charge in [0.1, 0.15) is 0 Å². The van der Waals surface area contributed by atoms with Crippen molar-refractivity contribution in [3.63, 3.8) is 0 Å². The molecule has 0 radical (unpaired) electrons. The van der Waals surface area contributed by atoms with Crippen LogP contribution in [0.2, 0.25) is 9.88 Å². The third-order valence-corrected chi connectivity index (χ3v) is 29.9. The number of esters is 4. The van der Waals surface area contributed by atoms with Crippen molar-refractivity contribution in [2.24, 2.45) is 11.8 Å². The van der Waals surface area contributed by atoms with Gasteiger partial charge in [-0.15, -0.1) is 0 Å². The molecule has 49 heavy (non-hydrogen) atoms. The molecule has 0 unspecified atom stereocenters. The second kappa shape index (κ2) is 24.1. The molecule has 0 aliphatic rings. The summed E-state index contributed by atoms with van der Waals surface area (Å²) in [5.41, 5.74) is 0.865. The van der Waals surface area contributed by atoms with Crippen LogP contribution in [0, 0.1) is 11.8 Å². The first-order valence-corrected chi connectivity index (χ1v) is 32.2. The number of benzene rings is 2. The Morgan fingerprint density at radius 3 is 1.12 bits per heavy atom. The van der Waals surface area contributed by atoms with E-state index in [1.54, 1.807) is 48.5 Å². The van der Waals surface area contributed by atoms with Crippen LogP contribution in [-0.2, 0) is 18.9 Å². The zero-order chi connectivity index (χ0) is 36.1. The van der Waals surface area contributed by atoms with Crippen LogP contribution in [0.3, 0.4) is 0 Å². The predicted molar refractivity (Wildman–Crippen MR) is 203 cm³/mol. The predicted octanol–water partition coefficient (Wildman–Crippen LogP) is 9.62. The van der Waals surface area contributed by atoms with Crippen molar-refractivity contribution in [1.82, 2.24) is 0 Å². The van der Waals surface area contributed by atoms with E-state index in [4.69, 9.17) is 18.9 Å². The molecule has 11 heteroatoms. The molecule has 272 valence electrons. The van der Waals surface area contributed by atoms with Gasteiger partial charge in [0.05, 0.1) is 0 Å². The SMILES string of the molecule is CC(C)CCCCCOC(=O)c1ccccc1C(=O)OCC[S][Sn]([CH3])([CH3])[S]CCOC(=O)c1ccccc1C(=O)OCCCCCC(C)C. The summed E-state index contributed by atoms with van der Waals surface area (Å²) in [6.45, 7) is 9.89. The summed E-state index contributed by atoms with van der Waals surface area (Å²) < 4.78 is 21.9. The molecule has 0 saturated carbocycles. The summed E-state index contributed by atoms with van der Waals surface area (Å²) in [5, 5.41) is 0. The standard InChI is InChI=1S/2C18H26O4S.2CH3.Sn/c2*1-14(2)8-4-3-7-11-21-17(19)15-9-5-6-10-16(15)18(20)22-12-13-23;;;/h2*5-6,9-10,14,23H,3-4,7-8,11-13H2,1-2H3;2*1H3;/q;;;;+2/p-2. The van der Waals surface area contributed by atoms with E-state index >= 15 is 0 Å². The normalized spacial score (nSPS) is 11.4. The van der Waals surface area contributed by atoms with Gasteiger partial charge >= 0.3 is 240 Å². The van der Waals surface area contributed by atoms with E-state index in [1.165, 1.54) is 0 Å². The molecule has 0 aliphatic carbocycles. The molecule has 0 aliphatic heterocycles. The summed E-state index contributed by atoms with van der Waals surface area (Å²) >= 11 is -2.63. The van der Waals surface area contributed by atoms with Crippen LogP contribution in [-0.4, -0.2) is 77.4 Å². The van der Waals surface area contributed by atoms with Crippen molar-refractivity contribution >= 4 is 57.4 Å². The van der Waals surface area contributed by atoms with E-state index < -0.39 is 39.5 Å². The van der Waals surface area contributed by atoms with Crippen molar-refractivity contribution in [3.05, 3.63) is 70.8 Å². The maximum atomic E-state index is 12.8. The number of unbranched alkanes of at least 4 members (excludes halogenated alkanes) is 4. The van der Waals surface area contributed by atoms with Gasteiger partial charge < -0.3 is 0 Å². The monoisotopic (exact) mass is 824 g/mol. The number of carbonyl (C=O) groups excluding carboxylic acids is 4. The van der Waals surface area contributed by atoms with Crippen molar-refractivity contribution < 1.29 is 38.1 Å². The Kier molecular flexibility index (Phi) is 21.1. The molecule has 0 saturated heterocycles. The molecule has 0 N–H and O–H groups in total. The molecule has 0 fully saturated rings. The topological polar surface area (TPSA) is 105 Å². The summed E-state index contributed by atoms with van der Waals surface area (Å²) in [6.07, 6.45) is 8.14. The van der Waals surface area contributed by atoms with Gasteiger partial charge in [-0.05, 0) is 11.8 Å². The molecule has 0 heterocycles. The minimum Gasteiger partial charge on any atom is -0.0628 e. The number of hydrogen-bond acceptors (Lipinski definition) is 10. The van der Waals surface area contributed by atoms with Crippen molar-refractivity contribution in [2.75, 3.05) is 37.9 Å². The van der Waals surface area contributed by atoms with Gasteiger partial charge in [-0.3, -0.25) is 0 Å². The summed E-state index contributed by atoms with van der Waals surface area (Å²) in [6, 6.07) is 13.2. The average molecular weight is 824 g/mol. The van der Waals surface area contributed by atoms with Crippen LogP contribution in [0.5, 0.6) is 0 Å². The Morgan fingerprint density at radius 1 is 0.510 bits per heavy atom. The van der Waals surface area contributed by atoms with Gasteiger partial charge in [0, 0.05) is 0 Å². The number of rotatable bonds is 24. The fourth-order valence-corrected chi connectivity index (χ4v) is 21.9. The minimum atomic E-state index is -2.63. The fourth-order valence-electron chi connectivity index (χ4n) is 4.87. The third-order valence-electron chi connectivity index (χ3n) is 7.58. The summed E-state index contributed by atoms with van der Waals surface area (Å²) in [7, 11) is 3.65. The first kappa shape index (κ1) is 43.0. The average Bonchev–Trinajstić information content (AvgIpc) is 3.07. The van der Waals surface area contributed by atoms with E-state index in [-0.39, 0.29) is 35.5 Å². The fraction of sp³-hybridized carbons (Fsp3) is 0.579. The van der Waals surface area contributed by atoms with Crippen LogP contribution in [0.15, 0.2) is 48.5 Å². The minimum absolute atomic E-state index is 0.211. The zero-order valence-electron chi connectivity index (χ0n) is 30.3. The number of hydrogen-bond donors (Lipinski definition) is 0. The van der Waals surface area contributed by atoms with E-state index in [9.17, 15) is 19.2 Å². The van der Waals surface area contributed by atoms with Gasteiger partial charge in [-0.1, -0.05) is 53.4 Å². The van der Waals surface area contributed by atoms with Crippen LogP contribution in [0.4, 0.5) is 0 Å². The van der Waals surface area contributed by atoms with Crippen LogP contribution in [0.1, 0.15) is 120 Å². The Labute approximate surface area is 303 Å². The molecule has 0 spiro atoms. The Bertz CT molecular complexity index is 1220. The second-order valence-electron chi connectivity index (χ2n) is 13.2. The Balaban J connectivity index is 1.71.